The molecule has 1 rings (SSSR count). The summed E-state index contributed by atoms with van der Waals surface area (Å²) < 4.78 is 14.3. The summed E-state index contributed by atoms with van der Waals surface area (Å²) in [6.07, 6.45) is 6.11. The molecule has 1 nitrogen and oxygen atoms in total. The Balaban J connectivity index is 2.37. The maximum Gasteiger partial charge on any atom is 0.147 e. The summed E-state index contributed by atoms with van der Waals surface area (Å²) in [5.41, 5.74) is 0.594. The molecule has 1 unspecified atom stereocenters. The highest BCUT2D eigenvalue weighted by molar-refractivity contribution is 9.10. The van der Waals surface area contributed by atoms with E-state index in [9.17, 15) is 4.39 Å². The van der Waals surface area contributed by atoms with Gasteiger partial charge in [0.15, 0.2) is 0 Å². The molecule has 1 aromatic rings. The van der Waals surface area contributed by atoms with Gasteiger partial charge in [-0.3, -0.25) is 0 Å². The Hall–Kier alpha value is -0.570. The minimum Gasteiger partial charge on any atom is -0.380 e. The first kappa shape index (κ1) is 14.5. The fourth-order valence-electron chi connectivity index (χ4n) is 1.82. The quantitative estimate of drug-likeness (QED) is 0.669. The van der Waals surface area contributed by atoms with E-state index in [-0.39, 0.29) is 5.82 Å². The van der Waals surface area contributed by atoms with Crippen LogP contribution in [0.15, 0.2) is 22.7 Å². The lowest BCUT2D eigenvalue weighted by molar-refractivity contribution is 0.585. The summed E-state index contributed by atoms with van der Waals surface area (Å²) in [4.78, 5) is 0. The predicted octanol–water partition coefficient (Wildman–Crippen LogP) is 5.36. The average molecular weight is 302 g/mol. The first-order valence-corrected chi connectivity index (χ1v) is 7.14. The van der Waals surface area contributed by atoms with Gasteiger partial charge in [0.25, 0.3) is 0 Å². The fourth-order valence-corrected chi connectivity index (χ4v) is 2.15. The van der Waals surface area contributed by atoms with Crippen LogP contribution < -0.4 is 5.32 Å². The van der Waals surface area contributed by atoms with E-state index in [2.05, 4.69) is 35.1 Å². The van der Waals surface area contributed by atoms with Crippen LogP contribution in [0.2, 0.25) is 0 Å². The number of benzene rings is 1. The summed E-state index contributed by atoms with van der Waals surface area (Å²) in [6, 6.07) is 5.45. The minimum absolute atomic E-state index is 0.195. The number of hydrogen-bond donors (Lipinski definition) is 1. The van der Waals surface area contributed by atoms with Crippen LogP contribution in [-0.2, 0) is 0 Å². The van der Waals surface area contributed by atoms with E-state index >= 15 is 0 Å². The van der Waals surface area contributed by atoms with Gasteiger partial charge < -0.3 is 5.32 Å². The Morgan fingerprint density at radius 2 is 2.06 bits per heavy atom. The van der Waals surface area contributed by atoms with E-state index < -0.39 is 0 Å². The van der Waals surface area contributed by atoms with Gasteiger partial charge in [-0.05, 0) is 31.5 Å². The molecule has 0 aromatic heterocycles. The topological polar surface area (TPSA) is 12.0 Å². The first-order valence-electron chi connectivity index (χ1n) is 6.35. The monoisotopic (exact) mass is 301 g/mol. The Kier molecular flexibility index (Phi) is 6.56. The standard InChI is InChI=1S/C14H21BrFN/c1-3-4-5-6-7-11(2)17-14-9-8-12(15)10-13(14)16/h8-11,17H,3-7H2,1-2H3. The molecule has 0 aliphatic carbocycles. The Morgan fingerprint density at radius 1 is 1.29 bits per heavy atom. The molecule has 0 amide bonds. The molecule has 1 N–H and O–H groups in total. The van der Waals surface area contributed by atoms with Crippen LogP contribution in [0.3, 0.4) is 0 Å². The van der Waals surface area contributed by atoms with Gasteiger partial charge >= 0.3 is 0 Å². The van der Waals surface area contributed by atoms with E-state index in [1.807, 2.05) is 6.07 Å². The zero-order valence-electron chi connectivity index (χ0n) is 10.6. The number of hydrogen-bond acceptors (Lipinski definition) is 1. The second kappa shape index (κ2) is 7.70. The van der Waals surface area contributed by atoms with Crippen molar-refractivity contribution in [2.24, 2.45) is 0 Å². The Labute approximate surface area is 112 Å². The molecule has 0 saturated heterocycles. The third-order valence-corrected chi connectivity index (χ3v) is 3.32. The van der Waals surface area contributed by atoms with Crippen molar-refractivity contribution in [1.82, 2.24) is 0 Å². The summed E-state index contributed by atoms with van der Waals surface area (Å²) in [5, 5.41) is 3.22. The SMILES string of the molecule is CCCCCCC(C)Nc1ccc(Br)cc1F. The van der Waals surface area contributed by atoms with Gasteiger partial charge in [-0.2, -0.15) is 0 Å². The average Bonchev–Trinajstić information content (AvgIpc) is 2.28. The molecular formula is C14H21BrFN. The van der Waals surface area contributed by atoms with E-state index in [0.717, 1.165) is 10.9 Å². The molecule has 0 aliphatic heterocycles. The summed E-state index contributed by atoms with van der Waals surface area (Å²) in [7, 11) is 0. The van der Waals surface area contributed by atoms with Gasteiger partial charge in [-0.1, -0.05) is 48.5 Å². The minimum atomic E-state index is -0.195. The molecule has 17 heavy (non-hydrogen) atoms. The lowest BCUT2D eigenvalue weighted by atomic mass is 10.1. The van der Waals surface area contributed by atoms with Crippen LogP contribution in [0.1, 0.15) is 46.0 Å². The Bertz CT molecular complexity index is 341. The normalized spacial score (nSPS) is 12.5. The van der Waals surface area contributed by atoms with Crippen molar-refractivity contribution in [1.29, 1.82) is 0 Å². The van der Waals surface area contributed by atoms with Gasteiger partial charge in [0.1, 0.15) is 5.82 Å². The molecule has 3 heteroatoms. The van der Waals surface area contributed by atoms with Gasteiger partial charge in [0.05, 0.1) is 5.69 Å². The molecule has 0 spiro atoms. The predicted molar refractivity (Wildman–Crippen MR) is 75.9 cm³/mol. The van der Waals surface area contributed by atoms with Gasteiger partial charge in [0, 0.05) is 10.5 Å². The van der Waals surface area contributed by atoms with Crippen LogP contribution in [0, 0.1) is 5.82 Å². The van der Waals surface area contributed by atoms with Crippen LogP contribution in [0.4, 0.5) is 10.1 Å². The maximum atomic E-state index is 13.6. The van der Waals surface area contributed by atoms with Crippen LogP contribution >= 0.6 is 15.9 Å². The van der Waals surface area contributed by atoms with E-state index in [1.54, 1.807) is 6.07 Å². The van der Waals surface area contributed by atoms with Crippen LogP contribution in [0.25, 0.3) is 0 Å². The second-order valence-electron chi connectivity index (χ2n) is 4.52. The summed E-state index contributed by atoms with van der Waals surface area (Å²) in [5.74, 6) is -0.195. The van der Waals surface area contributed by atoms with Crippen molar-refractivity contribution < 1.29 is 4.39 Å². The van der Waals surface area contributed by atoms with Crippen molar-refractivity contribution >= 4 is 21.6 Å². The van der Waals surface area contributed by atoms with Crippen LogP contribution in [0.5, 0.6) is 0 Å². The molecule has 0 fully saturated rings. The molecule has 0 heterocycles. The molecular weight excluding hydrogens is 281 g/mol. The number of nitrogens with one attached hydrogen (secondary N) is 1. The third-order valence-electron chi connectivity index (χ3n) is 2.82. The van der Waals surface area contributed by atoms with Crippen molar-refractivity contribution in [3.63, 3.8) is 0 Å². The smallest absolute Gasteiger partial charge is 0.147 e. The third kappa shape index (κ3) is 5.53. The first-order chi connectivity index (χ1) is 8.13. The van der Waals surface area contributed by atoms with Gasteiger partial charge in [-0.25, -0.2) is 4.39 Å². The van der Waals surface area contributed by atoms with E-state index in [4.69, 9.17) is 0 Å². The zero-order chi connectivity index (χ0) is 12.7. The molecule has 96 valence electrons. The fraction of sp³-hybridized carbons (Fsp3) is 0.571. The largest absolute Gasteiger partial charge is 0.380 e. The highest BCUT2D eigenvalue weighted by atomic mass is 79.9. The number of anilines is 1. The molecule has 0 saturated carbocycles. The second-order valence-corrected chi connectivity index (χ2v) is 5.43. The highest BCUT2D eigenvalue weighted by Gasteiger charge is 2.06. The van der Waals surface area contributed by atoms with Crippen LogP contribution in [-0.4, -0.2) is 6.04 Å². The number of unbranched alkanes of at least 4 members (excludes halogenated alkanes) is 3. The maximum absolute atomic E-state index is 13.6. The molecule has 0 radical (unpaired) electrons. The van der Waals surface area contributed by atoms with E-state index in [1.165, 1.54) is 31.7 Å². The number of halogens is 2. The highest BCUT2D eigenvalue weighted by Crippen LogP contribution is 2.20. The summed E-state index contributed by atoms with van der Waals surface area (Å²) >= 11 is 3.25. The lowest BCUT2D eigenvalue weighted by Gasteiger charge is -2.15. The van der Waals surface area contributed by atoms with Crippen molar-refractivity contribution in [3.8, 4) is 0 Å². The van der Waals surface area contributed by atoms with Crippen molar-refractivity contribution in [2.75, 3.05) is 5.32 Å². The molecule has 0 bridgehead atoms. The van der Waals surface area contributed by atoms with Crippen molar-refractivity contribution in [3.05, 3.63) is 28.5 Å². The lowest BCUT2D eigenvalue weighted by Crippen LogP contribution is -2.15. The molecule has 1 atom stereocenters. The van der Waals surface area contributed by atoms with Crippen molar-refractivity contribution in [2.45, 2.75) is 52.0 Å². The molecule has 1 aromatic carbocycles. The number of rotatable bonds is 7. The zero-order valence-corrected chi connectivity index (χ0v) is 12.2. The summed E-state index contributed by atoms with van der Waals surface area (Å²) in [6.45, 7) is 4.31. The van der Waals surface area contributed by atoms with E-state index in [0.29, 0.717) is 11.7 Å². The Morgan fingerprint density at radius 3 is 2.71 bits per heavy atom. The molecule has 0 aliphatic rings. The van der Waals surface area contributed by atoms with Gasteiger partial charge in [0.2, 0.25) is 0 Å². The van der Waals surface area contributed by atoms with Gasteiger partial charge in [-0.15, -0.1) is 0 Å².